The van der Waals surface area contributed by atoms with Gasteiger partial charge in [0.25, 0.3) is 5.91 Å². The summed E-state index contributed by atoms with van der Waals surface area (Å²) in [7, 11) is 1.84. The molecule has 0 saturated carbocycles. The van der Waals surface area contributed by atoms with E-state index < -0.39 is 5.82 Å². The number of aromatic nitrogens is 2. The summed E-state index contributed by atoms with van der Waals surface area (Å²) in [5.41, 5.74) is 8.79. The summed E-state index contributed by atoms with van der Waals surface area (Å²) in [5, 5.41) is 3.98. The lowest BCUT2D eigenvalue weighted by atomic mass is 10.0. The molecule has 0 atom stereocenters. The Labute approximate surface area is 161 Å². The van der Waals surface area contributed by atoms with Crippen molar-refractivity contribution in [3.63, 3.8) is 0 Å². The van der Waals surface area contributed by atoms with Crippen molar-refractivity contribution in [3.05, 3.63) is 77.9 Å². The molecule has 0 aliphatic heterocycles. The molecule has 3 N–H and O–H groups in total. The van der Waals surface area contributed by atoms with Gasteiger partial charge < -0.3 is 15.6 Å². The largest absolute Gasteiger partial charge is 0.396 e. The third-order valence-corrected chi connectivity index (χ3v) is 4.77. The average molecular weight is 374 g/mol. The van der Waals surface area contributed by atoms with E-state index in [2.05, 4.69) is 10.3 Å². The predicted octanol–water partition coefficient (Wildman–Crippen LogP) is 4.52. The number of hydrogen-bond acceptors (Lipinski definition) is 3. The van der Waals surface area contributed by atoms with E-state index in [0.29, 0.717) is 33.4 Å². The van der Waals surface area contributed by atoms with Crippen molar-refractivity contribution in [1.82, 2.24) is 9.55 Å². The van der Waals surface area contributed by atoms with Crippen LogP contribution in [0.2, 0.25) is 0 Å². The summed E-state index contributed by atoms with van der Waals surface area (Å²) < 4.78 is 16.6. The second-order valence-electron chi connectivity index (χ2n) is 6.77. The average Bonchev–Trinajstić information content (AvgIpc) is 3.10. The first-order chi connectivity index (χ1) is 13.4. The molecule has 2 aromatic carbocycles. The number of nitrogens with two attached hydrogens (primary N) is 1. The summed E-state index contributed by atoms with van der Waals surface area (Å²) in [6.07, 6.45) is 3.32. The Morgan fingerprint density at radius 3 is 2.61 bits per heavy atom. The highest BCUT2D eigenvalue weighted by Gasteiger charge is 2.16. The van der Waals surface area contributed by atoms with Gasteiger partial charge in [0.2, 0.25) is 0 Å². The third-order valence-electron chi connectivity index (χ3n) is 4.77. The Morgan fingerprint density at radius 2 is 1.93 bits per heavy atom. The zero-order valence-corrected chi connectivity index (χ0v) is 15.5. The molecule has 0 aliphatic carbocycles. The monoisotopic (exact) mass is 374 g/mol. The van der Waals surface area contributed by atoms with Crippen LogP contribution in [0.15, 0.2) is 60.9 Å². The molecule has 0 fully saturated rings. The van der Waals surface area contributed by atoms with Gasteiger partial charge in [-0.25, -0.2) is 9.37 Å². The Bertz CT molecular complexity index is 1200. The minimum absolute atomic E-state index is 0.0395. The summed E-state index contributed by atoms with van der Waals surface area (Å²) >= 11 is 0. The van der Waals surface area contributed by atoms with Gasteiger partial charge in [-0.05, 0) is 48.7 Å². The fourth-order valence-electron chi connectivity index (χ4n) is 3.19. The lowest BCUT2D eigenvalue weighted by molar-refractivity contribution is 0.102. The van der Waals surface area contributed by atoms with Gasteiger partial charge in [-0.3, -0.25) is 4.79 Å². The number of benzene rings is 2. The van der Waals surface area contributed by atoms with Crippen molar-refractivity contribution < 1.29 is 9.18 Å². The Hall–Kier alpha value is -3.67. The zero-order valence-electron chi connectivity index (χ0n) is 15.5. The van der Waals surface area contributed by atoms with Crippen LogP contribution in [-0.2, 0) is 7.05 Å². The minimum atomic E-state index is -0.479. The van der Waals surface area contributed by atoms with Gasteiger partial charge in [-0.1, -0.05) is 17.7 Å². The highest BCUT2D eigenvalue weighted by atomic mass is 19.1. The fraction of sp³-hybridized carbons (Fsp3) is 0.0909. The van der Waals surface area contributed by atoms with Crippen molar-refractivity contribution in [2.75, 3.05) is 11.1 Å². The second kappa shape index (κ2) is 6.81. The van der Waals surface area contributed by atoms with Crippen molar-refractivity contribution in [2.45, 2.75) is 6.92 Å². The molecule has 2 aromatic heterocycles. The van der Waals surface area contributed by atoms with E-state index in [0.717, 1.165) is 5.56 Å². The molecule has 0 unspecified atom stereocenters. The maximum absolute atomic E-state index is 14.8. The second-order valence-corrected chi connectivity index (χ2v) is 6.77. The molecule has 140 valence electrons. The number of anilines is 2. The molecule has 0 saturated heterocycles. The number of aryl methyl sites for hydroxylation is 2. The molecule has 0 spiro atoms. The number of carbonyl (C=O) groups is 1. The van der Waals surface area contributed by atoms with E-state index in [1.54, 1.807) is 24.3 Å². The van der Waals surface area contributed by atoms with E-state index in [1.165, 1.54) is 6.20 Å². The topological polar surface area (TPSA) is 72.9 Å². The summed E-state index contributed by atoms with van der Waals surface area (Å²) in [4.78, 5) is 16.7. The first-order valence-corrected chi connectivity index (χ1v) is 8.81. The molecule has 28 heavy (non-hydrogen) atoms. The smallest absolute Gasteiger partial charge is 0.256 e. The van der Waals surface area contributed by atoms with Crippen LogP contribution >= 0.6 is 0 Å². The van der Waals surface area contributed by atoms with Gasteiger partial charge in [0.05, 0.1) is 11.4 Å². The Balaban J connectivity index is 1.74. The normalized spacial score (nSPS) is 11.0. The van der Waals surface area contributed by atoms with E-state index in [1.807, 2.05) is 49.0 Å². The number of hydrogen-bond donors (Lipinski definition) is 2. The van der Waals surface area contributed by atoms with Crippen LogP contribution < -0.4 is 11.1 Å². The Kier molecular flexibility index (Phi) is 4.31. The molecule has 6 heteroatoms. The van der Waals surface area contributed by atoms with Crippen LogP contribution in [-0.4, -0.2) is 15.5 Å². The molecular weight excluding hydrogens is 355 g/mol. The summed E-state index contributed by atoms with van der Waals surface area (Å²) in [6, 6.07) is 14.3. The SMILES string of the molecule is Cc1ccc(C(=O)Nc2cc3cc(-c4cccn4C)c(F)c(N)c3cn2)cc1. The van der Waals surface area contributed by atoms with E-state index in [9.17, 15) is 9.18 Å². The van der Waals surface area contributed by atoms with Gasteiger partial charge in [0, 0.05) is 36.0 Å². The highest BCUT2D eigenvalue weighted by Crippen LogP contribution is 2.33. The van der Waals surface area contributed by atoms with Crippen molar-refractivity contribution >= 4 is 28.2 Å². The maximum atomic E-state index is 14.8. The molecule has 0 aliphatic rings. The van der Waals surface area contributed by atoms with Gasteiger partial charge in [-0.2, -0.15) is 0 Å². The number of halogens is 1. The number of nitrogen functional groups attached to an aromatic ring is 1. The maximum Gasteiger partial charge on any atom is 0.256 e. The number of amides is 1. The van der Waals surface area contributed by atoms with Gasteiger partial charge in [-0.15, -0.1) is 0 Å². The predicted molar refractivity (Wildman–Crippen MR) is 110 cm³/mol. The van der Waals surface area contributed by atoms with E-state index in [4.69, 9.17) is 5.73 Å². The van der Waals surface area contributed by atoms with Crippen LogP contribution in [0.4, 0.5) is 15.9 Å². The van der Waals surface area contributed by atoms with Crippen molar-refractivity contribution in [3.8, 4) is 11.3 Å². The number of nitrogens with one attached hydrogen (secondary N) is 1. The van der Waals surface area contributed by atoms with Gasteiger partial charge in [0.1, 0.15) is 5.82 Å². The highest BCUT2D eigenvalue weighted by molar-refractivity contribution is 6.05. The van der Waals surface area contributed by atoms with Crippen LogP contribution in [0, 0.1) is 12.7 Å². The molecule has 0 bridgehead atoms. The van der Waals surface area contributed by atoms with Crippen molar-refractivity contribution in [2.24, 2.45) is 7.05 Å². The van der Waals surface area contributed by atoms with E-state index >= 15 is 0 Å². The van der Waals surface area contributed by atoms with Crippen LogP contribution in [0.5, 0.6) is 0 Å². The molecule has 4 aromatic rings. The Morgan fingerprint density at radius 1 is 1.18 bits per heavy atom. The number of fused-ring (bicyclic) bond motifs is 1. The fourth-order valence-corrected chi connectivity index (χ4v) is 3.19. The number of carbonyl (C=O) groups excluding carboxylic acids is 1. The number of rotatable bonds is 3. The summed E-state index contributed by atoms with van der Waals surface area (Å²) in [5.74, 6) is -0.362. The lowest BCUT2D eigenvalue weighted by Crippen LogP contribution is -2.12. The van der Waals surface area contributed by atoms with Crippen LogP contribution in [0.3, 0.4) is 0 Å². The molecule has 5 nitrogen and oxygen atoms in total. The molecular formula is C22H19FN4O. The number of pyridine rings is 1. The van der Waals surface area contributed by atoms with Crippen molar-refractivity contribution in [1.29, 1.82) is 0 Å². The summed E-state index contributed by atoms with van der Waals surface area (Å²) in [6.45, 7) is 1.96. The number of nitrogens with zero attached hydrogens (tertiary/aromatic N) is 2. The standard InChI is InChI=1S/C22H19FN4O/c1-13-5-7-14(8-6-13)22(28)26-19-11-15-10-16(18-4-3-9-27(18)2)20(23)21(24)17(15)12-25-19/h3-12H,24H2,1-2H3,(H,25,26,28). The molecule has 2 heterocycles. The molecule has 4 rings (SSSR count). The third kappa shape index (κ3) is 3.09. The molecule has 1 amide bonds. The quantitative estimate of drug-likeness (QED) is 0.518. The molecule has 0 radical (unpaired) electrons. The lowest BCUT2D eigenvalue weighted by Gasteiger charge is -2.12. The van der Waals surface area contributed by atoms with Crippen LogP contribution in [0.1, 0.15) is 15.9 Å². The first kappa shape index (κ1) is 17.7. The van der Waals surface area contributed by atoms with Crippen LogP contribution in [0.25, 0.3) is 22.0 Å². The minimum Gasteiger partial charge on any atom is -0.396 e. The zero-order chi connectivity index (χ0) is 19.8. The van der Waals surface area contributed by atoms with Gasteiger partial charge in [0.15, 0.2) is 5.82 Å². The first-order valence-electron chi connectivity index (χ1n) is 8.81. The van der Waals surface area contributed by atoms with Gasteiger partial charge >= 0.3 is 0 Å². The van der Waals surface area contributed by atoms with E-state index in [-0.39, 0.29) is 11.6 Å².